The van der Waals surface area contributed by atoms with Crippen LogP contribution in [-0.4, -0.2) is 21.0 Å². The topological polar surface area (TPSA) is 66.0 Å². The molecular formula is C11H9ClN2O2S. The van der Waals surface area contributed by atoms with Crippen molar-refractivity contribution < 1.29 is 9.90 Å². The Balaban J connectivity index is 2.09. The maximum absolute atomic E-state index is 10.7. The van der Waals surface area contributed by atoms with E-state index in [2.05, 4.69) is 9.97 Å². The van der Waals surface area contributed by atoms with Crippen molar-refractivity contribution in [3.05, 3.63) is 46.7 Å². The summed E-state index contributed by atoms with van der Waals surface area (Å²) in [6.45, 7) is 0. The normalized spacial score (nSPS) is 10.4. The molecule has 0 amide bonds. The van der Waals surface area contributed by atoms with Gasteiger partial charge in [-0.2, -0.15) is 0 Å². The number of hydrogen-bond donors (Lipinski definition) is 2. The van der Waals surface area contributed by atoms with Gasteiger partial charge in [0, 0.05) is 23.2 Å². The largest absolute Gasteiger partial charge is 0.478 e. The molecule has 4 nitrogen and oxygen atoms in total. The first-order valence-electron chi connectivity index (χ1n) is 4.80. The van der Waals surface area contributed by atoms with E-state index in [1.807, 2.05) is 0 Å². The Labute approximate surface area is 107 Å². The molecule has 1 heterocycles. The van der Waals surface area contributed by atoms with Gasteiger partial charge in [0.05, 0.1) is 5.56 Å². The van der Waals surface area contributed by atoms with Crippen LogP contribution in [0.5, 0.6) is 0 Å². The minimum atomic E-state index is -0.975. The number of aromatic nitrogens is 2. The van der Waals surface area contributed by atoms with Crippen LogP contribution < -0.4 is 0 Å². The second-order valence-corrected chi connectivity index (χ2v) is 4.67. The van der Waals surface area contributed by atoms with Gasteiger partial charge < -0.3 is 10.1 Å². The lowest BCUT2D eigenvalue weighted by Crippen LogP contribution is -1.96. The number of carboxylic acids is 1. The van der Waals surface area contributed by atoms with E-state index in [0.29, 0.717) is 10.8 Å². The van der Waals surface area contributed by atoms with Crippen molar-refractivity contribution in [2.45, 2.75) is 10.9 Å². The Bertz CT molecular complexity index is 528. The highest BCUT2D eigenvalue weighted by molar-refractivity contribution is 7.98. The van der Waals surface area contributed by atoms with E-state index in [4.69, 9.17) is 16.7 Å². The fraction of sp³-hybridized carbons (Fsp3) is 0.0909. The van der Waals surface area contributed by atoms with Crippen LogP contribution >= 0.6 is 23.4 Å². The number of carboxylic acid groups (broad SMARTS) is 1. The van der Waals surface area contributed by atoms with Crippen LogP contribution in [0.15, 0.2) is 35.7 Å². The maximum atomic E-state index is 10.7. The molecule has 0 saturated heterocycles. The third-order valence-corrected chi connectivity index (χ3v) is 3.44. The second kappa shape index (κ2) is 5.25. The molecule has 0 saturated carbocycles. The predicted octanol–water partition coefficient (Wildman–Crippen LogP) is 3.05. The smallest absolute Gasteiger partial charge is 0.335 e. The molecular weight excluding hydrogens is 260 g/mol. The van der Waals surface area contributed by atoms with Gasteiger partial charge >= 0.3 is 5.97 Å². The first-order valence-corrected chi connectivity index (χ1v) is 6.17. The van der Waals surface area contributed by atoms with Crippen LogP contribution in [0.4, 0.5) is 0 Å². The highest BCUT2D eigenvalue weighted by atomic mass is 35.5. The van der Waals surface area contributed by atoms with Gasteiger partial charge in [-0.1, -0.05) is 29.4 Å². The highest BCUT2D eigenvalue weighted by Gasteiger charge is 2.07. The Morgan fingerprint density at radius 3 is 2.94 bits per heavy atom. The lowest BCUT2D eigenvalue weighted by atomic mass is 10.1. The Morgan fingerprint density at radius 2 is 2.35 bits per heavy atom. The van der Waals surface area contributed by atoms with Gasteiger partial charge in [-0.3, -0.25) is 0 Å². The molecule has 0 aliphatic rings. The molecule has 0 aliphatic heterocycles. The zero-order chi connectivity index (χ0) is 12.3. The molecule has 0 radical (unpaired) electrons. The van der Waals surface area contributed by atoms with E-state index in [0.717, 1.165) is 10.7 Å². The van der Waals surface area contributed by atoms with Crippen LogP contribution in [0.2, 0.25) is 5.02 Å². The summed E-state index contributed by atoms with van der Waals surface area (Å²) in [6, 6.07) is 4.73. The minimum absolute atomic E-state index is 0.196. The number of nitrogens with zero attached hydrogens (tertiary/aromatic N) is 1. The van der Waals surface area contributed by atoms with Crippen LogP contribution in [0.1, 0.15) is 15.9 Å². The molecule has 88 valence electrons. The molecule has 2 rings (SSSR count). The number of carbonyl (C=O) groups is 1. The van der Waals surface area contributed by atoms with Gasteiger partial charge in [0.25, 0.3) is 0 Å². The molecule has 17 heavy (non-hydrogen) atoms. The van der Waals surface area contributed by atoms with E-state index < -0.39 is 5.97 Å². The number of halogens is 1. The lowest BCUT2D eigenvalue weighted by Gasteiger charge is -2.03. The first kappa shape index (κ1) is 12.0. The van der Waals surface area contributed by atoms with Crippen molar-refractivity contribution in [1.29, 1.82) is 0 Å². The summed E-state index contributed by atoms with van der Waals surface area (Å²) < 4.78 is 0. The lowest BCUT2D eigenvalue weighted by molar-refractivity contribution is 0.0697. The molecule has 0 atom stereocenters. The predicted molar refractivity (Wildman–Crippen MR) is 66.6 cm³/mol. The van der Waals surface area contributed by atoms with E-state index in [1.54, 1.807) is 24.5 Å². The molecule has 0 fully saturated rings. The fourth-order valence-corrected chi connectivity index (χ4v) is 2.43. The van der Waals surface area contributed by atoms with Crippen LogP contribution in [-0.2, 0) is 5.75 Å². The van der Waals surface area contributed by atoms with Crippen LogP contribution in [0.3, 0.4) is 0 Å². The monoisotopic (exact) mass is 268 g/mol. The molecule has 0 spiro atoms. The van der Waals surface area contributed by atoms with Crippen LogP contribution in [0, 0.1) is 0 Å². The standard InChI is InChI=1S/C11H9ClN2O2S/c12-9-5-7(10(15)16)1-2-8(9)6-17-11-13-3-4-14-11/h1-5H,6H2,(H,13,14)(H,15,16). The number of hydrogen-bond acceptors (Lipinski definition) is 3. The summed E-state index contributed by atoms with van der Waals surface area (Å²) in [6.07, 6.45) is 3.43. The van der Waals surface area contributed by atoms with Crippen molar-refractivity contribution in [3.8, 4) is 0 Å². The number of benzene rings is 1. The van der Waals surface area contributed by atoms with Crippen molar-refractivity contribution in [2.24, 2.45) is 0 Å². The number of H-pyrrole nitrogens is 1. The van der Waals surface area contributed by atoms with E-state index in [1.165, 1.54) is 17.8 Å². The first-order chi connectivity index (χ1) is 8.16. The minimum Gasteiger partial charge on any atom is -0.478 e. The fourth-order valence-electron chi connectivity index (χ4n) is 1.27. The molecule has 1 aromatic heterocycles. The van der Waals surface area contributed by atoms with Crippen molar-refractivity contribution in [1.82, 2.24) is 9.97 Å². The summed E-state index contributed by atoms with van der Waals surface area (Å²) in [5.74, 6) is -0.330. The average molecular weight is 269 g/mol. The zero-order valence-electron chi connectivity index (χ0n) is 8.68. The summed E-state index contributed by atoms with van der Waals surface area (Å²) in [5.41, 5.74) is 1.08. The Kier molecular flexibility index (Phi) is 3.71. The van der Waals surface area contributed by atoms with Gasteiger partial charge in [0.1, 0.15) is 0 Å². The second-order valence-electron chi connectivity index (χ2n) is 3.29. The molecule has 0 unspecified atom stereocenters. The summed E-state index contributed by atoms with van der Waals surface area (Å²) in [7, 11) is 0. The number of aromatic carboxylic acids is 1. The van der Waals surface area contributed by atoms with Crippen molar-refractivity contribution in [2.75, 3.05) is 0 Å². The summed E-state index contributed by atoms with van der Waals surface area (Å²) in [4.78, 5) is 17.8. The van der Waals surface area contributed by atoms with Gasteiger partial charge in [0.15, 0.2) is 5.16 Å². The van der Waals surface area contributed by atoms with Crippen molar-refractivity contribution in [3.63, 3.8) is 0 Å². The Morgan fingerprint density at radius 1 is 1.53 bits per heavy atom. The molecule has 2 N–H and O–H groups in total. The number of rotatable bonds is 4. The summed E-state index contributed by atoms with van der Waals surface area (Å²) in [5, 5.41) is 10.1. The van der Waals surface area contributed by atoms with E-state index >= 15 is 0 Å². The number of imidazole rings is 1. The van der Waals surface area contributed by atoms with Gasteiger partial charge in [-0.15, -0.1) is 0 Å². The Hall–Kier alpha value is -1.46. The molecule has 0 aliphatic carbocycles. The third kappa shape index (κ3) is 3.01. The number of aromatic amines is 1. The van der Waals surface area contributed by atoms with E-state index in [9.17, 15) is 4.79 Å². The van der Waals surface area contributed by atoms with Crippen LogP contribution in [0.25, 0.3) is 0 Å². The highest BCUT2D eigenvalue weighted by Crippen LogP contribution is 2.25. The third-order valence-electron chi connectivity index (χ3n) is 2.14. The van der Waals surface area contributed by atoms with E-state index in [-0.39, 0.29) is 5.56 Å². The van der Waals surface area contributed by atoms with Gasteiger partial charge in [-0.05, 0) is 17.7 Å². The molecule has 2 aromatic rings. The van der Waals surface area contributed by atoms with Gasteiger partial charge in [0.2, 0.25) is 0 Å². The number of thioether (sulfide) groups is 1. The molecule has 1 aromatic carbocycles. The number of nitrogens with one attached hydrogen (secondary N) is 1. The van der Waals surface area contributed by atoms with Gasteiger partial charge in [-0.25, -0.2) is 9.78 Å². The summed E-state index contributed by atoms with van der Waals surface area (Å²) >= 11 is 7.52. The molecule has 6 heteroatoms. The SMILES string of the molecule is O=C(O)c1ccc(CSc2ncc[nH]2)c(Cl)c1. The quantitative estimate of drug-likeness (QED) is 0.837. The zero-order valence-corrected chi connectivity index (χ0v) is 10.3. The maximum Gasteiger partial charge on any atom is 0.335 e. The van der Waals surface area contributed by atoms with Crippen molar-refractivity contribution >= 4 is 29.3 Å². The average Bonchev–Trinajstić information content (AvgIpc) is 2.80. The molecule has 0 bridgehead atoms.